The van der Waals surface area contributed by atoms with Crippen LogP contribution in [-0.2, 0) is 0 Å². The van der Waals surface area contributed by atoms with Crippen LogP contribution in [0.3, 0.4) is 0 Å². The van der Waals surface area contributed by atoms with E-state index >= 15 is 0 Å². The van der Waals surface area contributed by atoms with Gasteiger partial charge in [0.05, 0.1) is 0 Å². The molecule has 0 radical (unpaired) electrons. The fourth-order valence-corrected chi connectivity index (χ4v) is 2.09. The molecule has 0 saturated heterocycles. The Morgan fingerprint density at radius 1 is 1.10 bits per heavy atom. The lowest BCUT2D eigenvalue weighted by Crippen LogP contribution is -2.09. The summed E-state index contributed by atoms with van der Waals surface area (Å²) in [6, 6.07) is 8.85. The minimum absolute atomic E-state index is 0.158. The maximum absolute atomic E-state index is 13.6. The van der Waals surface area contributed by atoms with Gasteiger partial charge in [-0.2, -0.15) is 0 Å². The van der Waals surface area contributed by atoms with Crippen LogP contribution in [0.1, 0.15) is 36.1 Å². The molecule has 21 heavy (non-hydrogen) atoms. The molecular weight excluding hydrogens is 277 g/mol. The number of rotatable bonds is 4. The molecule has 0 amide bonds. The van der Waals surface area contributed by atoms with Crippen LogP contribution in [0.5, 0.6) is 0 Å². The molecule has 0 heterocycles. The highest BCUT2D eigenvalue weighted by Gasteiger charge is 2.16. The molecule has 2 rings (SSSR count). The van der Waals surface area contributed by atoms with E-state index in [0.717, 1.165) is 0 Å². The molecule has 2 aromatic carbocycles. The first-order valence-corrected chi connectivity index (χ1v) is 6.58. The van der Waals surface area contributed by atoms with Crippen LogP contribution in [0.4, 0.5) is 24.5 Å². The first-order valence-electron chi connectivity index (χ1n) is 6.58. The largest absolute Gasteiger partial charge is 0.399 e. The number of anilines is 2. The van der Waals surface area contributed by atoms with Crippen LogP contribution in [0.25, 0.3) is 0 Å². The number of hydrogen-bond donors (Lipinski definition) is 2. The Morgan fingerprint density at radius 3 is 2.43 bits per heavy atom. The van der Waals surface area contributed by atoms with Gasteiger partial charge in [-0.15, -0.1) is 0 Å². The van der Waals surface area contributed by atoms with Crippen molar-refractivity contribution in [3.05, 3.63) is 58.9 Å². The Hall–Kier alpha value is -2.17. The fourth-order valence-electron chi connectivity index (χ4n) is 2.09. The van der Waals surface area contributed by atoms with E-state index in [1.54, 1.807) is 32.0 Å². The minimum atomic E-state index is -2.63. The van der Waals surface area contributed by atoms with Gasteiger partial charge in [-0.05, 0) is 49.2 Å². The molecule has 5 heteroatoms. The number of benzene rings is 2. The molecule has 0 bridgehead atoms. The van der Waals surface area contributed by atoms with Crippen molar-refractivity contribution in [1.82, 2.24) is 0 Å². The van der Waals surface area contributed by atoms with E-state index < -0.39 is 6.43 Å². The Morgan fingerprint density at radius 2 is 1.81 bits per heavy atom. The molecule has 0 fully saturated rings. The van der Waals surface area contributed by atoms with Crippen LogP contribution in [0.15, 0.2) is 36.4 Å². The van der Waals surface area contributed by atoms with Gasteiger partial charge >= 0.3 is 0 Å². The number of nitrogens with one attached hydrogen (secondary N) is 1. The first kappa shape index (κ1) is 15.2. The smallest absolute Gasteiger partial charge is 0.265 e. The van der Waals surface area contributed by atoms with Crippen LogP contribution in [0.2, 0.25) is 0 Å². The molecule has 0 aliphatic rings. The van der Waals surface area contributed by atoms with E-state index in [1.807, 2.05) is 0 Å². The van der Waals surface area contributed by atoms with E-state index in [-0.39, 0.29) is 23.1 Å². The van der Waals surface area contributed by atoms with Crippen LogP contribution in [-0.4, -0.2) is 0 Å². The quantitative estimate of drug-likeness (QED) is 0.793. The van der Waals surface area contributed by atoms with Crippen molar-refractivity contribution in [2.45, 2.75) is 26.3 Å². The third kappa shape index (κ3) is 3.48. The molecule has 0 spiro atoms. The van der Waals surface area contributed by atoms with Crippen molar-refractivity contribution in [3.8, 4) is 0 Å². The SMILES string of the molecule is Cc1ccc(C(C)Nc2ccc(N)cc2C(F)F)cc1F. The summed E-state index contributed by atoms with van der Waals surface area (Å²) in [5.41, 5.74) is 7.19. The lowest BCUT2D eigenvalue weighted by molar-refractivity contribution is 0.152. The molecule has 3 N–H and O–H groups in total. The van der Waals surface area contributed by atoms with Crippen molar-refractivity contribution in [3.63, 3.8) is 0 Å². The summed E-state index contributed by atoms with van der Waals surface area (Å²) < 4.78 is 39.6. The van der Waals surface area contributed by atoms with Gasteiger partial charge in [0.15, 0.2) is 0 Å². The van der Waals surface area contributed by atoms with Gasteiger partial charge in [-0.25, -0.2) is 13.2 Å². The standard InChI is InChI=1S/C16H17F3N2/c1-9-3-4-11(7-14(9)17)10(2)21-15-6-5-12(20)8-13(15)16(18)19/h3-8,10,16,21H,20H2,1-2H3. The van der Waals surface area contributed by atoms with Crippen molar-refractivity contribution in [1.29, 1.82) is 0 Å². The molecule has 0 aliphatic heterocycles. The van der Waals surface area contributed by atoms with E-state index in [0.29, 0.717) is 16.8 Å². The summed E-state index contributed by atoms with van der Waals surface area (Å²) in [6.45, 7) is 3.46. The third-order valence-electron chi connectivity index (χ3n) is 3.38. The average molecular weight is 294 g/mol. The van der Waals surface area contributed by atoms with Gasteiger partial charge in [0.25, 0.3) is 6.43 Å². The maximum atomic E-state index is 13.6. The van der Waals surface area contributed by atoms with E-state index in [4.69, 9.17) is 5.73 Å². The fraction of sp³-hybridized carbons (Fsp3) is 0.250. The molecular formula is C16H17F3N2. The molecule has 0 aliphatic carbocycles. The highest BCUT2D eigenvalue weighted by Crippen LogP contribution is 2.31. The van der Waals surface area contributed by atoms with Crippen molar-refractivity contribution in [2.75, 3.05) is 11.1 Å². The van der Waals surface area contributed by atoms with E-state index in [1.165, 1.54) is 18.2 Å². The van der Waals surface area contributed by atoms with Gasteiger partial charge in [0.1, 0.15) is 5.82 Å². The number of aryl methyl sites for hydroxylation is 1. The number of hydrogen-bond acceptors (Lipinski definition) is 2. The first-order chi connectivity index (χ1) is 9.88. The summed E-state index contributed by atoms with van der Waals surface area (Å²) in [5.74, 6) is -0.312. The van der Waals surface area contributed by atoms with Crippen LogP contribution in [0, 0.1) is 12.7 Å². The van der Waals surface area contributed by atoms with Crippen molar-refractivity contribution in [2.24, 2.45) is 0 Å². The summed E-state index contributed by atoms with van der Waals surface area (Å²) in [5, 5.41) is 2.98. The summed E-state index contributed by atoms with van der Waals surface area (Å²) in [7, 11) is 0. The van der Waals surface area contributed by atoms with Crippen molar-refractivity contribution < 1.29 is 13.2 Å². The molecule has 1 atom stereocenters. The van der Waals surface area contributed by atoms with Gasteiger partial charge < -0.3 is 11.1 Å². The predicted molar refractivity (Wildman–Crippen MR) is 79.0 cm³/mol. The second kappa shape index (κ2) is 6.08. The van der Waals surface area contributed by atoms with E-state index in [2.05, 4.69) is 5.32 Å². The lowest BCUT2D eigenvalue weighted by atomic mass is 10.0. The lowest BCUT2D eigenvalue weighted by Gasteiger charge is -2.19. The molecule has 2 nitrogen and oxygen atoms in total. The maximum Gasteiger partial charge on any atom is 0.265 e. The Bertz CT molecular complexity index is 641. The molecule has 0 aromatic heterocycles. The molecule has 112 valence electrons. The van der Waals surface area contributed by atoms with Crippen molar-refractivity contribution >= 4 is 11.4 Å². The van der Waals surface area contributed by atoms with E-state index in [9.17, 15) is 13.2 Å². The second-order valence-electron chi connectivity index (χ2n) is 5.02. The average Bonchev–Trinajstić information content (AvgIpc) is 2.43. The molecule has 0 saturated carbocycles. The minimum Gasteiger partial charge on any atom is -0.399 e. The van der Waals surface area contributed by atoms with Gasteiger partial charge in [0.2, 0.25) is 0 Å². The summed E-state index contributed by atoms with van der Waals surface area (Å²) in [6.07, 6.45) is -2.63. The molecule has 2 aromatic rings. The Balaban J connectivity index is 2.26. The van der Waals surface area contributed by atoms with Gasteiger partial charge in [0, 0.05) is 23.0 Å². The highest BCUT2D eigenvalue weighted by atomic mass is 19.3. The molecule has 1 unspecified atom stereocenters. The number of nitrogen functional groups attached to an aromatic ring is 1. The number of nitrogens with two attached hydrogens (primary N) is 1. The normalized spacial score (nSPS) is 12.5. The van der Waals surface area contributed by atoms with Crippen LogP contribution < -0.4 is 11.1 Å². The van der Waals surface area contributed by atoms with Crippen LogP contribution >= 0.6 is 0 Å². The number of alkyl halides is 2. The zero-order valence-corrected chi connectivity index (χ0v) is 11.8. The van der Waals surface area contributed by atoms with Gasteiger partial charge in [-0.3, -0.25) is 0 Å². The third-order valence-corrected chi connectivity index (χ3v) is 3.38. The van der Waals surface area contributed by atoms with Gasteiger partial charge in [-0.1, -0.05) is 12.1 Å². The Labute approximate surface area is 121 Å². The zero-order chi connectivity index (χ0) is 15.6. The number of halogens is 3. The monoisotopic (exact) mass is 294 g/mol. The topological polar surface area (TPSA) is 38.0 Å². The summed E-state index contributed by atoms with van der Waals surface area (Å²) in [4.78, 5) is 0. The summed E-state index contributed by atoms with van der Waals surface area (Å²) >= 11 is 0. The predicted octanol–water partition coefficient (Wildman–Crippen LogP) is 4.83. The zero-order valence-electron chi connectivity index (χ0n) is 11.8. The second-order valence-corrected chi connectivity index (χ2v) is 5.02. The highest BCUT2D eigenvalue weighted by molar-refractivity contribution is 5.59. The Kier molecular flexibility index (Phi) is 4.40.